The van der Waals surface area contributed by atoms with Crippen LogP contribution in [0.4, 0.5) is 22.0 Å². The fourth-order valence-corrected chi connectivity index (χ4v) is 0.601. The Labute approximate surface area is 66.2 Å². The van der Waals surface area contributed by atoms with Crippen LogP contribution in [0.25, 0.3) is 0 Å². The maximum absolute atomic E-state index is 12.2. The summed E-state index contributed by atoms with van der Waals surface area (Å²) in [6.07, 6.45) is -8.12. The van der Waals surface area contributed by atoms with E-state index < -0.39 is 30.7 Å². The molecule has 0 aliphatic heterocycles. The van der Waals surface area contributed by atoms with E-state index in [4.69, 9.17) is 0 Å². The maximum Gasteiger partial charge on any atom is 0.177 e. The van der Waals surface area contributed by atoms with Crippen LogP contribution >= 0.6 is 12.6 Å². The largest absolute Gasteiger partial charge is 0.248 e. The van der Waals surface area contributed by atoms with Gasteiger partial charge in [-0.2, -0.15) is 0 Å². The third kappa shape index (κ3) is 3.27. The highest BCUT2D eigenvalue weighted by Gasteiger charge is 2.34. The van der Waals surface area contributed by atoms with Gasteiger partial charge in [0.25, 0.3) is 0 Å². The molecule has 0 saturated carbocycles. The summed E-state index contributed by atoms with van der Waals surface area (Å²) >= 11 is 2.89. The number of halogens is 5. The molecule has 4 unspecified atom stereocenters. The molecule has 0 aliphatic rings. The minimum absolute atomic E-state index is 1.66. The second kappa shape index (κ2) is 4.79. The minimum atomic E-state index is -2.78. The van der Waals surface area contributed by atoms with Crippen molar-refractivity contribution in [2.75, 3.05) is 6.67 Å². The van der Waals surface area contributed by atoms with Crippen molar-refractivity contribution in [1.29, 1.82) is 0 Å². The van der Waals surface area contributed by atoms with Crippen molar-refractivity contribution >= 4 is 12.6 Å². The Balaban J connectivity index is 3.90. The second-order valence-electron chi connectivity index (χ2n) is 1.93. The van der Waals surface area contributed by atoms with Crippen LogP contribution in [-0.2, 0) is 0 Å². The standard InChI is InChI=1S/C5H7F5S/c6-1-2(7)3(8)4(9)5(10)11/h2-5,11H,1H2. The van der Waals surface area contributed by atoms with E-state index in [1.165, 1.54) is 0 Å². The molecule has 0 heterocycles. The van der Waals surface area contributed by atoms with Crippen LogP contribution in [0.5, 0.6) is 0 Å². The molecule has 0 radical (unpaired) electrons. The molecule has 0 rings (SSSR count). The van der Waals surface area contributed by atoms with E-state index in [2.05, 4.69) is 12.6 Å². The summed E-state index contributed by atoms with van der Waals surface area (Å²) in [7, 11) is 0. The van der Waals surface area contributed by atoms with Crippen molar-refractivity contribution in [2.24, 2.45) is 0 Å². The first-order valence-electron chi connectivity index (χ1n) is 2.81. The fraction of sp³-hybridized carbons (Fsp3) is 1.00. The monoisotopic (exact) mass is 194 g/mol. The molecule has 0 spiro atoms. The molecule has 0 nitrogen and oxygen atoms in total. The normalized spacial score (nSPS) is 22.4. The molecular weight excluding hydrogens is 187 g/mol. The number of hydrogen-bond donors (Lipinski definition) is 1. The second-order valence-corrected chi connectivity index (χ2v) is 2.43. The van der Waals surface area contributed by atoms with E-state index in [1.54, 1.807) is 0 Å². The molecule has 0 aromatic carbocycles. The van der Waals surface area contributed by atoms with Gasteiger partial charge in [-0.15, -0.1) is 12.6 Å². The van der Waals surface area contributed by atoms with Gasteiger partial charge < -0.3 is 0 Å². The van der Waals surface area contributed by atoms with Gasteiger partial charge in [0, 0.05) is 0 Å². The Bertz CT molecular complexity index is 109. The molecule has 0 amide bonds. The summed E-state index contributed by atoms with van der Waals surface area (Å²) in [4.78, 5) is 0. The Kier molecular flexibility index (Phi) is 4.79. The van der Waals surface area contributed by atoms with E-state index in [9.17, 15) is 22.0 Å². The molecule has 0 aromatic heterocycles. The molecule has 0 fully saturated rings. The molecule has 6 heteroatoms. The van der Waals surface area contributed by atoms with Gasteiger partial charge in [0.1, 0.15) is 6.67 Å². The summed E-state index contributed by atoms with van der Waals surface area (Å²) in [6.45, 7) is -1.66. The van der Waals surface area contributed by atoms with Crippen molar-refractivity contribution in [3.8, 4) is 0 Å². The van der Waals surface area contributed by atoms with Crippen LogP contribution < -0.4 is 0 Å². The zero-order chi connectivity index (χ0) is 9.02. The Morgan fingerprint density at radius 2 is 1.45 bits per heavy atom. The smallest absolute Gasteiger partial charge is 0.177 e. The fourth-order valence-electron chi connectivity index (χ4n) is 0.436. The van der Waals surface area contributed by atoms with Gasteiger partial charge in [-0.3, -0.25) is 0 Å². The summed E-state index contributed by atoms with van der Waals surface area (Å²) in [5, 5.41) is 0. The lowest BCUT2D eigenvalue weighted by Crippen LogP contribution is -2.33. The molecular formula is C5H7F5S. The predicted molar refractivity (Wildman–Crippen MR) is 34.5 cm³/mol. The topological polar surface area (TPSA) is 0 Å². The predicted octanol–water partition coefficient (Wildman–Crippen LogP) is 2.20. The first-order chi connectivity index (χ1) is 5.00. The lowest BCUT2D eigenvalue weighted by molar-refractivity contribution is 0.0474. The highest BCUT2D eigenvalue weighted by atomic mass is 32.1. The number of alkyl halides is 5. The summed E-state index contributed by atoms with van der Waals surface area (Å²) in [5.74, 6) is 0. The first kappa shape index (κ1) is 11.0. The number of thiol groups is 1. The Morgan fingerprint density at radius 3 is 1.73 bits per heavy atom. The van der Waals surface area contributed by atoms with Crippen molar-refractivity contribution in [2.45, 2.75) is 24.0 Å². The third-order valence-corrected chi connectivity index (χ3v) is 1.34. The molecule has 0 bridgehead atoms. The van der Waals surface area contributed by atoms with Crippen molar-refractivity contribution in [1.82, 2.24) is 0 Å². The number of hydrogen-bond acceptors (Lipinski definition) is 1. The molecule has 0 N–H and O–H groups in total. The SMILES string of the molecule is FCC(F)C(F)C(F)C(F)S. The van der Waals surface area contributed by atoms with Crippen LogP contribution in [0.1, 0.15) is 0 Å². The summed E-state index contributed by atoms with van der Waals surface area (Å²) in [6, 6.07) is 0. The zero-order valence-corrected chi connectivity index (χ0v) is 6.25. The lowest BCUT2D eigenvalue weighted by atomic mass is 10.2. The first-order valence-corrected chi connectivity index (χ1v) is 3.32. The van der Waals surface area contributed by atoms with Gasteiger partial charge in [-0.25, -0.2) is 22.0 Å². The minimum Gasteiger partial charge on any atom is -0.248 e. The molecule has 68 valence electrons. The Hall–Kier alpha value is -0.0000000000000000555. The van der Waals surface area contributed by atoms with E-state index in [-0.39, 0.29) is 0 Å². The van der Waals surface area contributed by atoms with E-state index in [0.717, 1.165) is 0 Å². The molecule has 0 aliphatic carbocycles. The van der Waals surface area contributed by atoms with Crippen LogP contribution in [0.3, 0.4) is 0 Å². The summed E-state index contributed by atoms with van der Waals surface area (Å²) < 4.78 is 59.4. The van der Waals surface area contributed by atoms with Crippen LogP contribution in [0.2, 0.25) is 0 Å². The zero-order valence-electron chi connectivity index (χ0n) is 5.35. The molecule has 11 heavy (non-hydrogen) atoms. The highest BCUT2D eigenvalue weighted by molar-refractivity contribution is 7.80. The molecule has 4 atom stereocenters. The quantitative estimate of drug-likeness (QED) is 0.514. The van der Waals surface area contributed by atoms with Crippen molar-refractivity contribution in [3.05, 3.63) is 0 Å². The van der Waals surface area contributed by atoms with Crippen molar-refractivity contribution in [3.63, 3.8) is 0 Å². The molecule has 0 saturated heterocycles. The number of rotatable bonds is 4. The van der Waals surface area contributed by atoms with Crippen LogP contribution in [0.15, 0.2) is 0 Å². The lowest BCUT2D eigenvalue weighted by Gasteiger charge is -2.15. The highest BCUT2D eigenvalue weighted by Crippen LogP contribution is 2.19. The van der Waals surface area contributed by atoms with Crippen molar-refractivity contribution < 1.29 is 22.0 Å². The van der Waals surface area contributed by atoms with Gasteiger partial charge >= 0.3 is 0 Å². The molecule has 0 aromatic rings. The van der Waals surface area contributed by atoms with E-state index in [0.29, 0.717) is 0 Å². The van der Waals surface area contributed by atoms with Gasteiger partial charge in [-0.1, -0.05) is 0 Å². The average molecular weight is 194 g/mol. The maximum atomic E-state index is 12.2. The van der Waals surface area contributed by atoms with Gasteiger partial charge in [0.05, 0.1) is 0 Å². The summed E-state index contributed by atoms with van der Waals surface area (Å²) in [5.41, 5.74) is -2.42. The van der Waals surface area contributed by atoms with Gasteiger partial charge in [0.15, 0.2) is 24.0 Å². The average Bonchev–Trinajstić information content (AvgIpc) is 2.00. The van der Waals surface area contributed by atoms with Gasteiger partial charge in [0.2, 0.25) is 0 Å². The van der Waals surface area contributed by atoms with E-state index >= 15 is 0 Å². The van der Waals surface area contributed by atoms with Gasteiger partial charge in [-0.05, 0) is 0 Å². The van der Waals surface area contributed by atoms with E-state index in [1.807, 2.05) is 0 Å². The third-order valence-electron chi connectivity index (χ3n) is 1.06. The Morgan fingerprint density at radius 1 is 1.00 bits per heavy atom. The van der Waals surface area contributed by atoms with Crippen LogP contribution in [-0.4, -0.2) is 30.7 Å². The van der Waals surface area contributed by atoms with Crippen LogP contribution in [0, 0.1) is 0 Å².